The summed E-state index contributed by atoms with van der Waals surface area (Å²) in [6, 6.07) is 1.41. The van der Waals surface area contributed by atoms with Crippen molar-refractivity contribution in [3.63, 3.8) is 0 Å². The van der Waals surface area contributed by atoms with Gasteiger partial charge in [-0.15, -0.1) is 0 Å². The standard InChI is InChI=1S/C11H16FNO3/c1-3-15-11(16-4-2)10(14)8-5-6-13-7-9(8)12/h5-7,10-11,14H,3-4H2,1-2H3. The molecular formula is C11H16FNO3. The topological polar surface area (TPSA) is 51.6 Å². The van der Waals surface area contributed by atoms with Gasteiger partial charge in [0.1, 0.15) is 11.9 Å². The van der Waals surface area contributed by atoms with Crippen molar-refractivity contribution in [2.75, 3.05) is 13.2 Å². The van der Waals surface area contributed by atoms with E-state index in [4.69, 9.17) is 9.47 Å². The minimum Gasteiger partial charge on any atom is -0.383 e. The summed E-state index contributed by atoms with van der Waals surface area (Å²) in [7, 11) is 0. The average Bonchev–Trinajstić information content (AvgIpc) is 2.28. The van der Waals surface area contributed by atoms with Gasteiger partial charge in [0.25, 0.3) is 0 Å². The highest BCUT2D eigenvalue weighted by Gasteiger charge is 2.24. The highest BCUT2D eigenvalue weighted by molar-refractivity contribution is 5.16. The molecule has 1 atom stereocenters. The molecule has 1 heterocycles. The Balaban J connectivity index is 2.81. The molecule has 16 heavy (non-hydrogen) atoms. The minimum atomic E-state index is -1.15. The summed E-state index contributed by atoms with van der Waals surface area (Å²) in [6.07, 6.45) is 0.458. The lowest BCUT2D eigenvalue weighted by Crippen LogP contribution is -2.26. The molecule has 0 spiro atoms. The molecule has 4 nitrogen and oxygen atoms in total. The predicted molar refractivity (Wildman–Crippen MR) is 56.2 cm³/mol. The summed E-state index contributed by atoms with van der Waals surface area (Å²) in [5.41, 5.74) is 0.127. The lowest BCUT2D eigenvalue weighted by Gasteiger charge is -2.22. The van der Waals surface area contributed by atoms with Crippen LogP contribution in [-0.2, 0) is 9.47 Å². The van der Waals surface area contributed by atoms with E-state index in [2.05, 4.69) is 4.98 Å². The zero-order valence-corrected chi connectivity index (χ0v) is 9.39. The van der Waals surface area contributed by atoms with Gasteiger partial charge in [-0.05, 0) is 19.9 Å². The molecule has 0 saturated heterocycles. The average molecular weight is 229 g/mol. The highest BCUT2D eigenvalue weighted by Crippen LogP contribution is 2.22. The van der Waals surface area contributed by atoms with E-state index in [-0.39, 0.29) is 5.56 Å². The van der Waals surface area contributed by atoms with Gasteiger partial charge in [-0.2, -0.15) is 0 Å². The van der Waals surface area contributed by atoms with Crippen molar-refractivity contribution < 1.29 is 19.0 Å². The first-order valence-corrected chi connectivity index (χ1v) is 5.21. The number of halogens is 1. The van der Waals surface area contributed by atoms with E-state index in [1.807, 2.05) is 0 Å². The Morgan fingerprint density at radius 1 is 1.38 bits per heavy atom. The van der Waals surface area contributed by atoms with Crippen LogP contribution in [0.1, 0.15) is 25.5 Å². The second-order valence-electron chi connectivity index (χ2n) is 3.12. The summed E-state index contributed by atoms with van der Waals surface area (Å²) in [6.45, 7) is 4.33. The molecule has 0 aliphatic rings. The minimum absolute atomic E-state index is 0.127. The van der Waals surface area contributed by atoms with Gasteiger partial charge in [-0.3, -0.25) is 4.98 Å². The fourth-order valence-corrected chi connectivity index (χ4v) is 1.33. The van der Waals surface area contributed by atoms with Crippen molar-refractivity contribution in [2.24, 2.45) is 0 Å². The first-order valence-electron chi connectivity index (χ1n) is 5.21. The molecule has 1 aromatic rings. The number of aromatic nitrogens is 1. The second-order valence-corrected chi connectivity index (χ2v) is 3.12. The molecule has 0 saturated carbocycles. The van der Waals surface area contributed by atoms with E-state index in [9.17, 15) is 9.50 Å². The molecule has 1 rings (SSSR count). The smallest absolute Gasteiger partial charge is 0.187 e. The second kappa shape index (κ2) is 6.52. The van der Waals surface area contributed by atoms with E-state index in [0.717, 1.165) is 6.20 Å². The van der Waals surface area contributed by atoms with Gasteiger partial charge in [0, 0.05) is 25.0 Å². The van der Waals surface area contributed by atoms with Crippen molar-refractivity contribution in [2.45, 2.75) is 26.2 Å². The van der Waals surface area contributed by atoms with Crippen molar-refractivity contribution in [3.8, 4) is 0 Å². The van der Waals surface area contributed by atoms with Crippen LogP contribution in [0.3, 0.4) is 0 Å². The van der Waals surface area contributed by atoms with Crippen molar-refractivity contribution in [1.82, 2.24) is 4.98 Å². The van der Waals surface area contributed by atoms with Gasteiger partial charge in [0.15, 0.2) is 6.29 Å². The number of hydrogen-bond donors (Lipinski definition) is 1. The van der Waals surface area contributed by atoms with Gasteiger partial charge in [-0.1, -0.05) is 0 Å². The van der Waals surface area contributed by atoms with Gasteiger partial charge in [0.2, 0.25) is 0 Å². The molecule has 5 heteroatoms. The van der Waals surface area contributed by atoms with Crippen LogP contribution in [-0.4, -0.2) is 29.6 Å². The normalized spacial score (nSPS) is 13.1. The zero-order valence-electron chi connectivity index (χ0n) is 9.39. The molecule has 0 aliphatic heterocycles. The van der Waals surface area contributed by atoms with Gasteiger partial charge < -0.3 is 14.6 Å². The molecule has 0 fully saturated rings. The summed E-state index contributed by atoms with van der Waals surface area (Å²) in [5, 5.41) is 9.91. The van der Waals surface area contributed by atoms with E-state index >= 15 is 0 Å². The van der Waals surface area contributed by atoms with E-state index in [0.29, 0.717) is 13.2 Å². The van der Waals surface area contributed by atoms with Crippen molar-refractivity contribution >= 4 is 0 Å². The number of aliphatic hydroxyl groups is 1. The summed E-state index contributed by atoms with van der Waals surface area (Å²) < 4.78 is 23.7. The fraction of sp³-hybridized carbons (Fsp3) is 0.545. The van der Waals surface area contributed by atoms with Crippen molar-refractivity contribution in [3.05, 3.63) is 29.8 Å². The lowest BCUT2D eigenvalue weighted by molar-refractivity contribution is -0.192. The number of aliphatic hydroxyl groups excluding tert-OH is 1. The van der Waals surface area contributed by atoms with E-state index < -0.39 is 18.2 Å². The third kappa shape index (κ3) is 3.23. The Kier molecular flexibility index (Phi) is 5.31. The van der Waals surface area contributed by atoms with Crippen LogP contribution >= 0.6 is 0 Å². The highest BCUT2D eigenvalue weighted by atomic mass is 19.1. The third-order valence-corrected chi connectivity index (χ3v) is 2.04. The summed E-state index contributed by atoms with van der Waals surface area (Å²) in [4.78, 5) is 3.61. The largest absolute Gasteiger partial charge is 0.383 e. The van der Waals surface area contributed by atoms with Crippen LogP contribution in [0.5, 0.6) is 0 Å². The molecule has 0 bridgehead atoms. The Labute approximate surface area is 94.0 Å². The summed E-state index contributed by atoms with van der Waals surface area (Å²) >= 11 is 0. The first kappa shape index (κ1) is 13.0. The summed E-state index contributed by atoms with van der Waals surface area (Å²) in [5.74, 6) is -0.570. The molecule has 1 N–H and O–H groups in total. The van der Waals surface area contributed by atoms with Crippen LogP contribution in [0.25, 0.3) is 0 Å². The Bertz CT molecular complexity index is 316. The van der Waals surface area contributed by atoms with Gasteiger partial charge in [-0.25, -0.2) is 4.39 Å². The van der Waals surface area contributed by atoms with E-state index in [1.165, 1.54) is 12.3 Å². The molecule has 90 valence electrons. The maximum atomic E-state index is 13.3. The molecular weight excluding hydrogens is 213 g/mol. The monoisotopic (exact) mass is 229 g/mol. The van der Waals surface area contributed by atoms with E-state index in [1.54, 1.807) is 13.8 Å². The van der Waals surface area contributed by atoms with Crippen molar-refractivity contribution in [1.29, 1.82) is 0 Å². The van der Waals surface area contributed by atoms with Crippen LogP contribution in [0.4, 0.5) is 4.39 Å². The molecule has 0 aromatic carbocycles. The zero-order chi connectivity index (χ0) is 12.0. The first-order chi connectivity index (χ1) is 7.70. The fourth-order valence-electron chi connectivity index (χ4n) is 1.33. The Morgan fingerprint density at radius 3 is 2.50 bits per heavy atom. The third-order valence-electron chi connectivity index (χ3n) is 2.04. The number of ether oxygens (including phenoxy) is 2. The number of hydrogen-bond acceptors (Lipinski definition) is 4. The molecule has 0 aliphatic carbocycles. The number of rotatable bonds is 6. The van der Waals surface area contributed by atoms with Crippen LogP contribution < -0.4 is 0 Å². The molecule has 1 aromatic heterocycles. The molecule has 0 radical (unpaired) electrons. The van der Waals surface area contributed by atoms with Crippen LogP contribution in [0.15, 0.2) is 18.5 Å². The quantitative estimate of drug-likeness (QED) is 0.754. The van der Waals surface area contributed by atoms with Crippen LogP contribution in [0.2, 0.25) is 0 Å². The SMILES string of the molecule is CCOC(OCC)C(O)c1ccncc1F. The lowest BCUT2D eigenvalue weighted by atomic mass is 10.1. The predicted octanol–water partition coefficient (Wildman–Crippen LogP) is 1.65. The maximum absolute atomic E-state index is 13.3. The van der Waals surface area contributed by atoms with Gasteiger partial charge >= 0.3 is 0 Å². The number of nitrogens with zero attached hydrogens (tertiary/aromatic N) is 1. The Morgan fingerprint density at radius 2 is 2.00 bits per heavy atom. The number of pyridine rings is 1. The molecule has 1 unspecified atom stereocenters. The maximum Gasteiger partial charge on any atom is 0.187 e. The van der Waals surface area contributed by atoms with Crippen LogP contribution in [0, 0.1) is 5.82 Å². The van der Waals surface area contributed by atoms with Gasteiger partial charge in [0.05, 0.1) is 6.20 Å². The molecule has 0 amide bonds. The Hall–Kier alpha value is -1.04.